The van der Waals surface area contributed by atoms with E-state index >= 15 is 0 Å². The summed E-state index contributed by atoms with van der Waals surface area (Å²) in [6.07, 6.45) is 7.11. The lowest BCUT2D eigenvalue weighted by molar-refractivity contribution is 0.0662. The van der Waals surface area contributed by atoms with Crippen LogP contribution in [-0.2, 0) is 10.0 Å². The third-order valence-electron chi connectivity index (χ3n) is 4.89. The minimum Gasteiger partial charge on any atom is -0.329 e. The van der Waals surface area contributed by atoms with E-state index in [1.807, 2.05) is 0 Å². The van der Waals surface area contributed by atoms with Crippen LogP contribution in [0, 0.1) is 5.92 Å². The van der Waals surface area contributed by atoms with Crippen LogP contribution in [0.15, 0.2) is 0 Å². The second-order valence-electron chi connectivity index (χ2n) is 6.50. The van der Waals surface area contributed by atoms with Crippen LogP contribution in [0.1, 0.15) is 39.0 Å². The number of hydrogen-bond acceptors (Lipinski definition) is 4. The Morgan fingerprint density at radius 3 is 2.60 bits per heavy atom. The summed E-state index contributed by atoms with van der Waals surface area (Å²) in [5.74, 6) is 0.452. The summed E-state index contributed by atoms with van der Waals surface area (Å²) < 4.78 is 25.0. The van der Waals surface area contributed by atoms with Gasteiger partial charge in [0, 0.05) is 38.3 Å². The molecule has 118 valence electrons. The number of rotatable bonds is 4. The Hall–Kier alpha value is -0.170. The molecule has 0 aliphatic carbocycles. The first-order valence-electron chi connectivity index (χ1n) is 7.82. The zero-order valence-corrected chi connectivity index (χ0v) is 13.6. The van der Waals surface area contributed by atoms with Crippen molar-refractivity contribution >= 4 is 10.0 Å². The summed E-state index contributed by atoms with van der Waals surface area (Å²) in [4.78, 5) is 2.53. The summed E-state index contributed by atoms with van der Waals surface area (Å²) in [7, 11) is -3.04. The van der Waals surface area contributed by atoms with E-state index in [0.29, 0.717) is 37.6 Å². The second-order valence-corrected chi connectivity index (χ2v) is 8.48. The highest BCUT2D eigenvalue weighted by molar-refractivity contribution is 7.88. The van der Waals surface area contributed by atoms with E-state index < -0.39 is 10.0 Å². The maximum Gasteiger partial charge on any atom is 0.211 e. The van der Waals surface area contributed by atoms with Gasteiger partial charge in [-0.3, -0.25) is 4.90 Å². The van der Waals surface area contributed by atoms with Crippen molar-refractivity contribution in [1.82, 2.24) is 9.21 Å². The SMILES string of the molecule is CC1CCCC(CN)N1CC1CCCN(S(C)(=O)=O)C1. The fourth-order valence-corrected chi connectivity index (χ4v) is 4.64. The second kappa shape index (κ2) is 6.73. The molecule has 0 aromatic rings. The highest BCUT2D eigenvalue weighted by Crippen LogP contribution is 2.26. The largest absolute Gasteiger partial charge is 0.329 e. The van der Waals surface area contributed by atoms with Gasteiger partial charge in [-0.15, -0.1) is 0 Å². The van der Waals surface area contributed by atoms with Crippen LogP contribution in [0.3, 0.4) is 0 Å². The summed E-state index contributed by atoms with van der Waals surface area (Å²) in [5.41, 5.74) is 5.91. The number of likely N-dealkylation sites (tertiary alicyclic amines) is 1. The molecule has 3 unspecified atom stereocenters. The topological polar surface area (TPSA) is 66.6 Å². The molecule has 0 bridgehead atoms. The zero-order chi connectivity index (χ0) is 14.8. The van der Waals surface area contributed by atoms with Crippen LogP contribution in [-0.4, -0.2) is 62.1 Å². The first-order chi connectivity index (χ1) is 9.41. The molecule has 3 atom stereocenters. The van der Waals surface area contributed by atoms with Gasteiger partial charge in [0.25, 0.3) is 0 Å². The number of nitrogens with zero attached hydrogens (tertiary/aromatic N) is 2. The Morgan fingerprint density at radius 1 is 1.20 bits per heavy atom. The van der Waals surface area contributed by atoms with Crippen molar-refractivity contribution in [3.63, 3.8) is 0 Å². The zero-order valence-electron chi connectivity index (χ0n) is 12.8. The Morgan fingerprint density at radius 2 is 1.95 bits per heavy atom. The standard InChI is InChI=1S/C14H29N3O2S/c1-12-5-3-7-14(9-15)17(12)11-13-6-4-8-16(10-13)20(2,18)19/h12-14H,3-11,15H2,1-2H3. The molecule has 2 rings (SSSR count). The summed E-state index contributed by atoms with van der Waals surface area (Å²) in [6.45, 7) is 5.35. The van der Waals surface area contributed by atoms with Gasteiger partial charge in [-0.1, -0.05) is 6.42 Å². The molecule has 0 amide bonds. The number of sulfonamides is 1. The van der Waals surface area contributed by atoms with E-state index in [0.717, 1.165) is 19.4 Å². The molecule has 0 aromatic heterocycles. The maximum absolute atomic E-state index is 11.7. The van der Waals surface area contributed by atoms with Crippen molar-refractivity contribution in [2.75, 3.05) is 32.4 Å². The molecule has 2 aliphatic rings. The fraction of sp³-hybridized carbons (Fsp3) is 1.00. The minimum atomic E-state index is -3.04. The van der Waals surface area contributed by atoms with Crippen LogP contribution >= 0.6 is 0 Å². The van der Waals surface area contributed by atoms with Crippen LogP contribution < -0.4 is 5.73 Å². The molecular formula is C14H29N3O2S. The molecule has 0 aromatic carbocycles. The highest BCUT2D eigenvalue weighted by Gasteiger charge is 2.32. The first kappa shape index (κ1) is 16.2. The van der Waals surface area contributed by atoms with E-state index in [9.17, 15) is 8.42 Å². The lowest BCUT2D eigenvalue weighted by atomic mass is 9.92. The monoisotopic (exact) mass is 303 g/mol. The summed E-state index contributed by atoms with van der Waals surface area (Å²) in [6, 6.07) is 1.05. The molecule has 0 saturated carbocycles. The molecule has 0 radical (unpaired) electrons. The Bertz CT molecular complexity index is 413. The van der Waals surface area contributed by atoms with Crippen molar-refractivity contribution in [2.45, 2.75) is 51.1 Å². The average Bonchev–Trinajstić information content (AvgIpc) is 2.40. The highest BCUT2D eigenvalue weighted by atomic mass is 32.2. The fourth-order valence-electron chi connectivity index (χ4n) is 3.70. The van der Waals surface area contributed by atoms with Crippen LogP contribution in [0.5, 0.6) is 0 Å². The lowest BCUT2D eigenvalue weighted by Crippen LogP contribution is -2.52. The van der Waals surface area contributed by atoms with Gasteiger partial charge in [-0.2, -0.15) is 0 Å². The molecule has 2 N–H and O–H groups in total. The molecule has 20 heavy (non-hydrogen) atoms. The smallest absolute Gasteiger partial charge is 0.211 e. The predicted octanol–water partition coefficient (Wildman–Crippen LogP) is 0.860. The van der Waals surface area contributed by atoms with Gasteiger partial charge in [0.2, 0.25) is 10.0 Å². The maximum atomic E-state index is 11.7. The van der Waals surface area contributed by atoms with E-state index in [2.05, 4.69) is 11.8 Å². The van der Waals surface area contributed by atoms with Gasteiger partial charge < -0.3 is 5.73 Å². The van der Waals surface area contributed by atoms with Crippen LogP contribution in [0.2, 0.25) is 0 Å². The minimum absolute atomic E-state index is 0.452. The van der Waals surface area contributed by atoms with E-state index in [1.165, 1.54) is 25.5 Å². The molecule has 0 spiro atoms. The molecule has 2 aliphatic heterocycles. The molecule has 5 nitrogen and oxygen atoms in total. The van der Waals surface area contributed by atoms with Crippen molar-refractivity contribution in [3.8, 4) is 0 Å². The molecule has 6 heteroatoms. The summed E-state index contributed by atoms with van der Waals surface area (Å²) >= 11 is 0. The predicted molar refractivity (Wildman–Crippen MR) is 82.0 cm³/mol. The Kier molecular flexibility index (Phi) is 5.45. The van der Waals surface area contributed by atoms with Gasteiger partial charge in [0.05, 0.1) is 6.26 Å². The van der Waals surface area contributed by atoms with Crippen LogP contribution in [0.25, 0.3) is 0 Å². The van der Waals surface area contributed by atoms with Crippen LogP contribution in [0.4, 0.5) is 0 Å². The normalized spacial score (nSPS) is 34.2. The molecule has 2 fully saturated rings. The quantitative estimate of drug-likeness (QED) is 0.836. The van der Waals surface area contributed by atoms with Gasteiger partial charge in [0.1, 0.15) is 0 Å². The van der Waals surface area contributed by atoms with Crippen molar-refractivity contribution in [3.05, 3.63) is 0 Å². The van der Waals surface area contributed by atoms with Gasteiger partial charge >= 0.3 is 0 Å². The van der Waals surface area contributed by atoms with Gasteiger partial charge in [-0.25, -0.2) is 12.7 Å². The third-order valence-corrected chi connectivity index (χ3v) is 6.16. The summed E-state index contributed by atoms with van der Waals surface area (Å²) in [5, 5.41) is 0. The molecule has 2 heterocycles. The van der Waals surface area contributed by atoms with Gasteiger partial charge in [-0.05, 0) is 38.5 Å². The van der Waals surface area contributed by atoms with E-state index in [1.54, 1.807) is 4.31 Å². The number of hydrogen-bond donors (Lipinski definition) is 1. The Labute approximate surface area is 123 Å². The van der Waals surface area contributed by atoms with E-state index in [-0.39, 0.29) is 0 Å². The first-order valence-corrected chi connectivity index (χ1v) is 9.67. The number of nitrogens with two attached hydrogens (primary N) is 1. The third kappa shape index (κ3) is 3.93. The number of piperidine rings is 2. The lowest BCUT2D eigenvalue weighted by Gasteiger charge is -2.43. The van der Waals surface area contributed by atoms with Crippen molar-refractivity contribution in [1.29, 1.82) is 0 Å². The van der Waals surface area contributed by atoms with E-state index in [4.69, 9.17) is 5.73 Å². The Balaban J connectivity index is 1.97. The average molecular weight is 303 g/mol. The van der Waals surface area contributed by atoms with Crippen molar-refractivity contribution in [2.24, 2.45) is 11.7 Å². The van der Waals surface area contributed by atoms with Crippen molar-refractivity contribution < 1.29 is 8.42 Å². The molecular weight excluding hydrogens is 274 g/mol. The molecule has 2 saturated heterocycles. The van der Waals surface area contributed by atoms with Gasteiger partial charge in [0.15, 0.2) is 0 Å².